The van der Waals surface area contributed by atoms with Crippen molar-refractivity contribution < 1.29 is 89.1 Å². The van der Waals surface area contributed by atoms with Crippen LogP contribution in [0.1, 0.15) is 113 Å². The molecule has 3 heterocycles. The zero-order chi connectivity index (χ0) is 47.6. The minimum atomic E-state index is -1.99. The molecular weight excluding hydrogens is 852 g/mol. The molecule has 0 radical (unpaired) electrons. The van der Waals surface area contributed by atoms with E-state index in [1.54, 1.807) is 0 Å². The van der Waals surface area contributed by atoms with Crippen molar-refractivity contribution in [2.24, 2.45) is 50.2 Å². The maximum absolute atomic E-state index is 13.1. The van der Waals surface area contributed by atoms with E-state index in [9.17, 15) is 60.7 Å². The first-order chi connectivity index (χ1) is 30.3. The number of carboxylic acid groups (broad SMARTS) is 2. The minimum absolute atomic E-state index is 0.0160. The molecule has 0 spiro atoms. The normalized spacial score (nSPS) is 52.8. The molecule has 22 atom stereocenters. The number of carboxylic acids is 2. The van der Waals surface area contributed by atoms with Crippen LogP contribution in [-0.2, 0) is 38.0 Å². The van der Waals surface area contributed by atoms with E-state index in [-0.39, 0.29) is 39.4 Å². The summed E-state index contributed by atoms with van der Waals surface area (Å²) in [5.41, 5.74) is -0.409. The van der Waals surface area contributed by atoms with Crippen LogP contribution in [0.2, 0.25) is 0 Å². The molecule has 18 heteroatoms. The number of aliphatic carboxylic acids is 2. The second kappa shape index (κ2) is 17.2. The molecule has 8 aliphatic rings. The van der Waals surface area contributed by atoms with Gasteiger partial charge >= 0.3 is 11.9 Å². The molecule has 0 aromatic carbocycles. The number of hydrogen-bond donors (Lipinski definition) is 10. The molecule has 370 valence electrons. The molecule has 4 saturated carbocycles. The highest BCUT2D eigenvalue weighted by atomic mass is 16.8. The number of carbonyl (C=O) groups is 2. The van der Waals surface area contributed by atoms with Gasteiger partial charge in [0.25, 0.3) is 0 Å². The first-order valence-electron chi connectivity index (χ1n) is 23.7. The van der Waals surface area contributed by atoms with Gasteiger partial charge in [-0.05, 0) is 109 Å². The minimum Gasteiger partial charge on any atom is -0.481 e. The lowest BCUT2D eigenvalue weighted by molar-refractivity contribution is -0.386. The monoisotopic (exact) mass is 926 g/mol. The molecule has 8 rings (SSSR count). The summed E-state index contributed by atoms with van der Waals surface area (Å²) in [6, 6.07) is 0. The molecule has 10 N–H and O–H groups in total. The fourth-order valence-corrected chi connectivity index (χ4v) is 14.8. The molecule has 0 unspecified atom stereocenters. The Morgan fingerprint density at radius 1 is 0.692 bits per heavy atom. The first kappa shape index (κ1) is 49.5. The topological polar surface area (TPSA) is 292 Å². The van der Waals surface area contributed by atoms with Crippen LogP contribution in [0.4, 0.5) is 0 Å². The van der Waals surface area contributed by atoms with Gasteiger partial charge in [0.15, 0.2) is 25.0 Å². The SMILES string of the molecule is CC1(C)CC[C@]2(C(=O)O)CC[C@]3(C)C(=CC[C@@H]4[C@@]5(C)CC[C@H](O[C@@H]6O[C@H](C(=O)O)[C@@H](O[C@@H]7O[C@H](CO)[C@@H](O)[C@H](O)[C@H]7O)[C@H](O)[C@H]6O[C@H]6OC[C@H](O)[C@H](O)[C@H]6O)C(C)(C)[C@@H]5CC[C@]43C)[C@@H]2C1. The van der Waals surface area contributed by atoms with Gasteiger partial charge in [-0.1, -0.05) is 60.1 Å². The molecule has 0 aromatic heterocycles. The number of ether oxygens (including phenoxy) is 6. The summed E-state index contributed by atoms with van der Waals surface area (Å²) in [5.74, 6) is -1.91. The van der Waals surface area contributed by atoms with Gasteiger partial charge in [-0.25, -0.2) is 4.79 Å². The third kappa shape index (κ3) is 7.76. The van der Waals surface area contributed by atoms with Crippen molar-refractivity contribution in [2.45, 2.75) is 205 Å². The second-order valence-electron chi connectivity index (χ2n) is 23.1. The van der Waals surface area contributed by atoms with E-state index in [0.29, 0.717) is 19.3 Å². The van der Waals surface area contributed by atoms with Gasteiger partial charge < -0.3 is 79.5 Å². The average Bonchev–Trinajstić information content (AvgIpc) is 3.23. The fraction of sp³-hybridized carbons (Fsp3) is 0.915. The molecule has 5 aliphatic carbocycles. The molecule has 18 nitrogen and oxygen atoms in total. The van der Waals surface area contributed by atoms with Crippen LogP contribution in [0.5, 0.6) is 0 Å². The highest BCUT2D eigenvalue weighted by Gasteiger charge is 2.70. The van der Waals surface area contributed by atoms with E-state index in [1.165, 1.54) is 5.57 Å². The molecule has 3 saturated heterocycles. The van der Waals surface area contributed by atoms with Crippen molar-refractivity contribution >= 4 is 11.9 Å². The molecule has 65 heavy (non-hydrogen) atoms. The van der Waals surface area contributed by atoms with E-state index in [1.807, 2.05) is 0 Å². The van der Waals surface area contributed by atoms with Crippen molar-refractivity contribution in [3.63, 3.8) is 0 Å². The van der Waals surface area contributed by atoms with Crippen molar-refractivity contribution in [1.29, 1.82) is 0 Å². The van der Waals surface area contributed by atoms with E-state index in [2.05, 4.69) is 54.5 Å². The number of aliphatic hydroxyl groups is 8. The lowest BCUT2D eigenvalue weighted by Crippen LogP contribution is -2.68. The van der Waals surface area contributed by atoms with Gasteiger partial charge in [0.05, 0.1) is 24.7 Å². The van der Waals surface area contributed by atoms with E-state index in [0.717, 1.165) is 44.9 Å². The summed E-state index contributed by atoms with van der Waals surface area (Å²) in [4.78, 5) is 26.1. The van der Waals surface area contributed by atoms with Crippen LogP contribution in [0, 0.1) is 50.2 Å². The maximum Gasteiger partial charge on any atom is 0.335 e. The van der Waals surface area contributed by atoms with Gasteiger partial charge in [0.2, 0.25) is 0 Å². The Hall–Kier alpha value is -1.88. The highest BCUT2D eigenvalue weighted by Crippen LogP contribution is 2.76. The van der Waals surface area contributed by atoms with Crippen LogP contribution < -0.4 is 0 Å². The molecular formula is C47H74O18. The Labute approximate surface area is 380 Å². The number of hydrogen-bond acceptors (Lipinski definition) is 16. The molecule has 7 fully saturated rings. The van der Waals surface area contributed by atoms with Crippen molar-refractivity contribution in [2.75, 3.05) is 13.2 Å². The number of rotatable bonds is 9. The third-order valence-corrected chi connectivity index (χ3v) is 18.9. The zero-order valence-corrected chi connectivity index (χ0v) is 38.7. The van der Waals surface area contributed by atoms with E-state index >= 15 is 0 Å². The summed E-state index contributed by atoms with van der Waals surface area (Å²) < 4.78 is 35.9. The van der Waals surface area contributed by atoms with Gasteiger partial charge in [0.1, 0.15) is 61.0 Å². The van der Waals surface area contributed by atoms with Crippen LogP contribution in [0.25, 0.3) is 0 Å². The average molecular weight is 927 g/mol. The number of aliphatic hydroxyl groups excluding tert-OH is 8. The largest absolute Gasteiger partial charge is 0.481 e. The van der Waals surface area contributed by atoms with Gasteiger partial charge in [-0.2, -0.15) is 0 Å². The van der Waals surface area contributed by atoms with Crippen LogP contribution in [0.3, 0.4) is 0 Å². The van der Waals surface area contributed by atoms with Crippen LogP contribution in [0.15, 0.2) is 11.6 Å². The summed E-state index contributed by atoms with van der Waals surface area (Å²) >= 11 is 0. The smallest absolute Gasteiger partial charge is 0.335 e. The van der Waals surface area contributed by atoms with Crippen molar-refractivity contribution in [1.82, 2.24) is 0 Å². The lowest BCUT2D eigenvalue weighted by Gasteiger charge is -2.71. The Kier molecular flexibility index (Phi) is 13.1. The molecule has 0 amide bonds. The Bertz CT molecular complexity index is 1820. The Balaban J connectivity index is 1.07. The van der Waals surface area contributed by atoms with Crippen molar-refractivity contribution in [3.05, 3.63) is 11.6 Å². The van der Waals surface area contributed by atoms with Crippen LogP contribution >= 0.6 is 0 Å². The Morgan fingerprint density at radius 2 is 1.35 bits per heavy atom. The van der Waals surface area contributed by atoms with Gasteiger partial charge in [-0.3, -0.25) is 4.79 Å². The lowest BCUT2D eigenvalue weighted by atomic mass is 9.33. The summed E-state index contributed by atoms with van der Waals surface area (Å²) in [7, 11) is 0. The van der Waals surface area contributed by atoms with Gasteiger partial charge in [-0.15, -0.1) is 0 Å². The third-order valence-electron chi connectivity index (χ3n) is 18.9. The molecule has 0 aromatic rings. The van der Waals surface area contributed by atoms with E-state index in [4.69, 9.17) is 28.4 Å². The van der Waals surface area contributed by atoms with Crippen molar-refractivity contribution in [3.8, 4) is 0 Å². The molecule has 0 bridgehead atoms. The second-order valence-corrected chi connectivity index (χ2v) is 23.1. The van der Waals surface area contributed by atoms with Gasteiger partial charge in [0, 0.05) is 0 Å². The zero-order valence-electron chi connectivity index (χ0n) is 38.7. The standard InChI is InChI=1S/C47H74O18/c1-42(2)14-16-47(41(58)59)17-15-45(6)21(22(47)18-42)8-9-26-44(5)12-11-27(43(3,4)25(44)10-13-46(26,45)7)62-40-35(64-38-31(53)28(50)23(49)20-60-38)33(55)34(36(65-40)37(56)57)63-39-32(54)30(52)29(51)24(19-48)61-39/h8,22-36,38-40,48-55H,9-20H2,1-7H3,(H,56,57)(H,58,59)/t22-,23-,24+,25-,26+,27-,28-,29+,30-,31+,32+,33-,34-,35+,36-,38+,39-,40+,44-,45+,46+,47-/m0/s1. The predicted octanol–water partition coefficient (Wildman–Crippen LogP) is 1.44. The first-order valence-corrected chi connectivity index (χ1v) is 23.7. The van der Waals surface area contributed by atoms with Crippen LogP contribution in [-0.4, -0.2) is 168 Å². The number of allylic oxidation sites excluding steroid dienone is 2. The Morgan fingerprint density at radius 3 is 2.02 bits per heavy atom. The highest BCUT2D eigenvalue weighted by molar-refractivity contribution is 5.76. The summed E-state index contributed by atoms with van der Waals surface area (Å²) in [6.45, 7) is 14.7. The quantitative estimate of drug-likeness (QED) is 0.116. The number of fused-ring (bicyclic) bond motifs is 7. The predicted molar refractivity (Wildman–Crippen MR) is 225 cm³/mol. The maximum atomic E-state index is 13.1. The summed E-state index contributed by atoms with van der Waals surface area (Å²) in [6.07, 6.45) is -15.1. The fourth-order valence-electron chi connectivity index (χ4n) is 14.8. The summed E-state index contributed by atoms with van der Waals surface area (Å²) in [5, 5.41) is 106. The van der Waals surface area contributed by atoms with E-state index < -0.39 is 128 Å². The molecule has 3 aliphatic heterocycles.